The summed E-state index contributed by atoms with van der Waals surface area (Å²) in [6.45, 7) is 0. The molecule has 0 heterocycles. The van der Waals surface area contributed by atoms with Gasteiger partial charge in [-0.15, -0.1) is 0 Å². The predicted octanol–water partition coefficient (Wildman–Crippen LogP) is 2.17. The number of hydrogen-bond acceptors (Lipinski definition) is 2. The minimum absolute atomic E-state index is 0.0894. The first-order valence-electron chi connectivity index (χ1n) is 4.03. The van der Waals surface area contributed by atoms with Gasteiger partial charge in [-0.05, 0) is 12.1 Å². The Morgan fingerprint density at radius 2 is 2.21 bits per heavy atom. The highest BCUT2D eigenvalue weighted by atomic mass is 32.1. The van der Waals surface area contributed by atoms with E-state index in [4.69, 9.17) is 5.26 Å². The van der Waals surface area contributed by atoms with Gasteiger partial charge in [0.2, 0.25) is 0 Å². The molecule has 0 spiro atoms. The SMILES string of the molecule is N#CCc1ccc(C#CCS)cc1F. The van der Waals surface area contributed by atoms with Crippen LogP contribution in [0, 0.1) is 29.0 Å². The summed E-state index contributed by atoms with van der Waals surface area (Å²) >= 11 is 3.92. The van der Waals surface area contributed by atoms with Gasteiger partial charge in [0.25, 0.3) is 0 Å². The highest BCUT2D eigenvalue weighted by Crippen LogP contribution is 2.10. The van der Waals surface area contributed by atoms with E-state index >= 15 is 0 Å². The van der Waals surface area contributed by atoms with Crippen molar-refractivity contribution in [1.29, 1.82) is 5.26 Å². The zero-order valence-electron chi connectivity index (χ0n) is 7.42. The van der Waals surface area contributed by atoms with Gasteiger partial charge in [0.1, 0.15) is 5.82 Å². The fraction of sp³-hybridized carbons (Fsp3) is 0.182. The molecule has 0 bridgehead atoms. The number of nitrogens with zero attached hydrogens (tertiary/aromatic N) is 1. The van der Waals surface area contributed by atoms with Crippen LogP contribution in [0.2, 0.25) is 0 Å². The standard InChI is InChI=1S/C11H8FNS/c12-11-8-9(2-1-7-14)3-4-10(11)5-6-13/h3-4,8,14H,5,7H2. The minimum Gasteiger partial charge on any atom is -0.207 e. The molecular formula is C11H8FNS. The van der Waals surface area contributed by atoms with E-state index < -0.39 is 0 Å². The lowest BCUT2D eigenvalue weighted by Gasteiger charge is -1.97. The molecule has 1 rings (SSSR count). The van der Waals surface area contributed by atoms with E-state index in [0.717, 1.165) is 0 Å². The third kappa shape index (κ3) is 2.80. The van der Waals surface area contributed by atoms with Crippen LogP contribution in [0.3, 0.4) is 0 Å². The van der Waals surface area contributed by atoms with Crippen molar-refractivity contribution in [2.45, 2.75) is 6.42 Å². The van der Waals surface area contributed by atoms with Gasteiger partial charge in [0.15, 0.2) is 0 Å². The average Bonchev–Trinajstić information content (AvgIpc) is 2.19. The highest BCUT2D eigenvalue weighted by Gasteiger charge is 2.01. The summed E-state index contributed by atoms with van der Waals surface area (Å²) in [5, 5.41) is 8.40. The second kappa shape index (κ2) is 5.32. The molecule has 0 aromatic heterocycles. The van der Waals surface area contributed by atoms with E-state index in [1.165, 1.54) is 6.07 Å². The van der Waals surface area contributed by atoms with Crippen molar-refractivity contribution in [2.24, 2.45) is 0 Å². The normalized spacial score (nSPS) is 8.64. The minimum atomic E-state index is -0.377. The second-order valence-corrected chi connectivity index (χ2v) is 2.92. The lowest BCUT2D eigenvalue weighted by Crippen LogP contribution is -1.89. The first-order valence-corrected chi connectivity index (χ1v) is 4.66. The lowest BCUT2D eigenvalue weighted by molar-refractivity contribution is 0.615. The van der Waals surface area contributed by atoms with Gasteiger partial charge in [-0.25, -0.2) is 4.39 Å². The van der Waals surface area contributed by atoms with Crippen molar-refractivity contribution < 1.29 is 4.39 Å². The molecule has 0 saturated carbocycles. The van der Waals surface area contributed by atoms with Crippen molar-refractivity contribution in [3.8, 4) is 17.9 Å². The first kappa shape index (κ1) is 10.6. The molecule has 3 heteroatoms. The Morgan fingerprint density at radius 1 is 1.43 bits per heavy atom. The maximum Gasteiger partial charge on any atom is 0.128 e. The molecule has 1 aromatic carbocycles. The zero-order chi connectivity index (χ0) is 10.4. The van der Waals surface area contributed by atoms with E-state index in [-0.39, 0.29) is 12.2 Å². The topological polar surface area (TPSA) is 23.8 Å². The van der Waals surface area contributed by atoms with Crippen LogP contribution in [0.15, 0.2) is 18.2 Å². The quantitative estimate of drug-likeness (QED) is 0.551. The molecule has 1 nitrogen and oxygen atoms in total. The summed E-state index contributed by atoms with van der Waals surface area (Å²) < 4.78 is 13.2. The molecule has 1 aromatic rings. The Hall–Kier alpha value is -1.45. The van der Waals surface area contributed by atoms with Crippen LogP contribution in [0.1, 0.15) is 11.1 Å². The molecule has 0 atom stereocenters. The summed E-state index contributed by atoms with van der Waals surface area (Å²) in [7, 11) is 0. The van der Waals surface area contributed by atoms with Crippen molar-refractivity contribution in [3.05, 3.63) is 35.1 Å². The fourth-order valence-corrected chi connectivity index (χ4v) is 1.07. The number of nitriles is 1. The second-order valence-electron chi connectivity index (χ2n) is 2.60. The summed E-state index contributed by atoms with van der Waals surface area (Å²) in [6, 6.07) is 6.52. The number of rotatable bonds is 1. The van der Waals surface area contributed by atoms with Gasteiger partial charge in [-0.3, -0.25) is 0 Å². The van der Waals surface area contributed by atoms with Crippen molar-refractivity contribution in [3.63, 3.8) is 0 Å². The van der Waals surface area contributed by atoms with E-state index in [1.54, 1.807) is 12.1 Å². The predicted molar refractivity (Wildman–Crippen MR) is 56.4 cm³/mol. The maximum atomic E-state index is 13.2. The molecule has 0 N–H and O–H groups in total. The van der Waals surface area contributed by atoms with Crippen LogP contribution in [0.4, 0.5) is 4.39 Å². The van der Waals surface area contributed by atoms with Crippen LogP contribution in [-0.2, 0) is 6.42 Å². The molecule has 14 heavy (non-hydrogen) atoms. The largest absolute Gasteiger partial charge is 0.207 e. The van der Waals surface area contributed by atoms with Crippen LogP contribution in [-0.4, -0.2) is 5.75 Å². The Kier molecular flexibility index (Phi) is 4.04. The van der Waals surface area contributed by atoms with Gasteiger partial charge in [-0.1, -0.05) is 17.9 Å². The summed E-state index contributed by atoms with van der Waals surface area (Å²) in [5.41, 5.74) is 1.02. The van der Waals surface area contributed by atoms with Crippen molar-refractivity contribution in [2.75, 3.05) is 5.75 Å². The van der Waals surface area contributed by atoms with E-state index in [1.807, 2.05) is 6.07 Å². The van der Waals surface area contributed by atoms with Gasteiger partial charge >= 0.3 is 0 Å². The van der Waals surface area contributed by atoms with Crippen molar-refractivity contribution in [1.82, 2.24) is 0 Å². The zero-order valence-corrected chi connectivity index (χ0v) is 8.31. The van der Waals surface area contributed by atoms with Crippen molar-refractivity contribution >= 4 is 12.6 Å². The average molecular weight is 205 g/mol. The Balaban J connectivity index is 2.95. The van der Waals surface area contributed by atoms with Crippen LogP contribution < -0.4 is 0 Å². The summed E-state index contributed by atoms with van der Waals surface area (Å²) in [6.07, 6.45) is 0.0894. The molecule has 0 aliphatic heterocycles. The van der Waals surface area contributed by atoms with Gasteiger partial charge in [-0.2, -0.15) is 17.9 Å². The number of hydrogen-bond donors (Lipinski definition) is 1. The number of thiol groups is 1. The third-order valence-corrected chi connectivity index (χ3v) is 1.79. The fourth-order valence-electron chi connectivity index (χ4n) is 0.995. The van der Waals surface area contributed by atoms with Gasteiger partial charge < -0.3 is 0 Å². The molecule has 70 valence electrons. The van der Waals surface area contributed by atoms with E-state index in [2.05, 4.69) is 24.5 Å². The first-order chi connectivity index (χ1) is 6.77. The van der Waals surface area contributed by atoms with Crippen LogP contribution in [0.5, 0.6) is 0 Å². The molecule has 0 aliphatic rings. The monoisotopic (exact) mass is 205 g/mol. The van der Waals surface area contributed by atoms with Gasteiger partial charge in [0.05, 0.1) is 18.2 Å². The molecule has 0 radical (unpaired) electrons. The van der Waals surface area contributed by atoms with E-state index in [0.29, 0.717) is 16.9 Å². The lowest BCUT2D eigenvalue weighted by atomic mass is 10.1. The molecule has 0 fully saturated rings. The highest BCUT2D eigenvalue weighted by molar-refractivity contribution is 7.80. The van der Waals surface area contributed by atoms with Crippen LogP contribution >= 0.6 is 12.6 Å². The van der Waals surface area contributed by atoms with Crippen LogP contribution in [0.25, 0.3) is 0 Å². The third-order valence-electron chi connectivity index (χ3n) is 1.63. The summed E-state index contributed by atoms with van der Waals surface area (Å²) in [5.74, 6) is 5.55. The summed E-state index contributed by atoms with van der Waals surface area (Å²) in [4.78, 5) is 0. The Bertz CT molecular complexity index is 423. The van der Waals surface area contributed by atoms with Gasteiger partial charge in [0, 0.05) is 11.1 Å². The van der Waals surface area contributed by atoms with E-state index in [9.17, 15) is 4.39 Å². The number of benzene rings is 1. The number of halogens is 1. The molecule has 0 amide bonds. The smallest absolute Gasteiger partial charge is 0.128 e. The Morgan fingerprint density at radius 3 is 2.79 bits per heavy atom. The molecule has 0 saturated heterocycles. The molecule has 0 aliphatic carbocycles. The molecular weight excluding hydrogens is 197 g/mol. The Labute approximate surface area is 88.0 Å². The molecule has 0 unspecified atom stereocenters. The maximum absolute atomic E-state index is 13.2.